The molecule has 0 rings (SSSR count). The van der Waals surface area contributed by atoms with Gasteiger partial charge in [-0.3, -0.25) is 4.79 Å². The van der Waals surface area contributed by atoms with Gasteiger partial charge in [-0.15, -0.1) is 0 Å². The Morgan fingerprint density at radius 1 is 1.54 bits per heavy atom. The van der Waals surface area contributed by atoms with E-state index in [2.05, 4.69) is 0 Å². The summed E-state index contributed by atoms with van der Waals surface area (Å²) in [6.07, 6.45) is 0. The molecule has 0 radical (unpaired) electrons. The van der Waals surface area contributed by atoms with Crippen LogP contribution in [0.15, 0.2) is 0 Å². The molecule has 0 spiro atoms. The molecule has 0 saturated carbocycles. The summed E-state index contributed by atoms with van der Waals surface area (Å²) in [6, 6.07) is 0. The summed E-state index contributed by atoms with van der Waals surface area (Å²) in [5.41, 5.74) is 0. The van der Waals surface area contributed by atoms with Gasteiger partial charge in [0.1, 0.15) is 0 Å². The summed E-state index contributed by atoms with van der Waals surface area (Å²) in [4.78, 5) is 10.2. The smallest absolute Gasteiger partial charge is 0.350 e. The predicted molar refractivity (Wildman–Crippen MR) is 39.7 cm³/mol. The van der Waals surface area contributed by atoms with Crippen molar-refractivity contribution in [1.82, 2.24) is 4.72 Å². The van der Waals surface area contributed by atoms with Gasteiger partial charge in [0.25, 0.3) is 10.0 Å². The molecule has 1 atom stereocenters. The maximum absolute atomic E-state index is 11.7. The fourth-order valence-corrected chi connectivity index (χ4v) is 1.000. The fourth-order valence-electron chi connectivity index (χ4n) is 0.391. The van der Waals surface area contributed by atoms with Gasteiger partial charge in [-0.1, -0.05) is 6.92 Å². The lowest BCUT2D eigenvalue weighted by atomic mass is 10.2. The van der Waals surface area contributed by atoms with Crippen LogP contribution in [0.1, 0.15) is 6.92 Å². The molecular formula is C5H9F2NO4S. The number of hydrogen-bond donors (Lipinski definition) is 2. The van der Waals surface area contributed by atoms with E-state index in [4.69, 9.17) is 5.11 Å². The maximum Gasteiger partial charge on any atom is 0.350 e. The molecule has 0 bridgehead atoms. The number of alkyl halides is 2. The molecule has 0 fully saturated rings. The minimum Gasteiger partial charge on any atom is -0.481 e. The quantitative estimate of drug-likeness (QED) is 0.670. The third kappa shape index (κ3) is 4.13. The van der Waals surface area contributed by atoms with Crippen LogP contribution in [0.5, 0.6) is 0 Å². The van der Waals surface area contributed by atoms with Gasteiger partial charge in [-0.2, -0.15) is 8.78 Å². The van der Waals surface area contributed by atoms with Gasteiger partial charge in [0.2, 0.25) is 0 Å². The van der Waals surface area contributed by atoms with Crippen LogP contribution in [0.4, 0.5) is 8.78 Å². The van der Waals surface area contributed by atoms with Crippen LogP contribution in [0.3, 0.4) is 0 Å². The van der Waals surface area contributed by atoms with Gasteiger partial charge in [-0.25, -0.2) is 13.1 Å². The first-order valence-corrected chi connectivity index (χ1v) is 4.81. The molecule has 0 heterocycles. The van der Waals surface area contributed by atoms with Crippen molar-refractivity contribution < 1.29 is 27.1 Å². The van der Waals surface area contributed by atoms with Crippen LogP contribution < -0.4 is 4.72 Å². The van der Waals surface area contributed by atoms with E-state index in [0.29, 0.717) is 0 Å². The average Bonchev–Trinajstić information content (AvgIpc) is 1.99. The molecule has 0 aliphatic heterocycles. The summed E-state index contributed by atoms with van der Waals surface area (Å²) in [5, 5.41) is 8.30. The molecule has 0 amide bonds. The molecule has 0 aromatic rings. The second kappa shape index (κ2) is 4.47. The molecule has 0 aromatic heterocycles. The second-order valence-corrected chi connectivity index (χ2v) is 4.13. The minimum absolute atomic E-state index is 0.540. The number of carbonyl (C=O) groups is 1. The Labute approximate surface area is 73.8 Å². The number of carboxylic acids is 1. The van der Waals surface area contributed by atoms with Crippen molar-refractivity contribution in [2.24, 2.45) is 5.92 Å². The van der Waals surface area contributed by atoms with Crippen LogP contribution >= 0.6 is 0 Å². The molecule has 2 N–H and O–H groups in total. The molecule has 0 aliphatic carbocycles. The van der Waals surface area contributed by atoms with Crippen LogP contribution in [-0.4, -0.2) is 31.8 Å². The lowest BCUT2D eigenvalue weighted by molar-refractivity contribution is -0.140. The highest BCUT2D eigenvalue weighted by Crippen LogP contribution is 2.02. The van der Waals surface area contributed by atoms with Gasteiger partial charge in [0.15, 0.2) is 0 Å². The largest absolute Gasteiger partial charge is 0.481 e. The van der Waals surface area contributed by atoms with Crippen LogP contribution in [0.2, 0.25) is 0 Å². The third-order valence-corrected chi connectivity index (χ3v) is 2.29. The third-order valence-electron chi connectivity index (χ3n) is 1.25. The topological polar surface area (TPSA) is 83.5 Å². The number of halogens is 2. The lowest BCUT2D eigenvalue weighted by Crippen LogP contribution is -2.35. The first-order chi connectivity index (χ1) is 5.77. The lowest BCUT2D eigenvalue weighted by Gasteiger charge is -2.07. The van der Waals surface area contributed by atoms with E-state index in [1.165, 1.54) is 11.6 Å². The van der Waals surface area contributed by atoms with E-state index in [-0.39, 0.29) is 0 Å². The standard InChI is InChI=1S/C5H9F2NO4S/c1-3(4(9)10)2-8-13(11,12)5(6)7/h3,5,8H,2H2,1H3,(H,9,10). The maximum atomic E-state index is 11.7. The molecular weight excluding hydrogens is 208 g/mol. The zero-order valence-electron chi connectivity index (χ0n) is 6.70. The first kappa shape index (κ1) is 12.2. The fraction of sp³-hybridized carbons (Fsp3) is 0.800. The molecule has 5 nitrogen and oxygen atoms in total. The number of rotatable bonds is 5. The first-order valence-electron chi connectivity index (χ1n) is 3.27. The van der Waals surface area contributed by atoms with E-state index < -0.39 is 34.2 Å². The Balaban J connectivity index is 4.11. The zero-order valence-corrected chi connectivity index (χ0v) is 7.51. The molecule has 78 valence electrons. The Kier molecular flexibility index (Phi) is 4.21. The monoisotopic (exact) mass is 217 g/mol. The molecule has 0 aromatic carbocycles. The summed E-state index contributed by atoms with van der Waals surface area (Å²) in [5.74, 6) is -5.82. The highest BCUT2D eigenvalue weighted by Gasteiger charge is 2.24. The molecule has 13 heavy (non-hydrogen) atoms. The van der Waals surface area contributed by atoms with E-state index in [9.17, 15) is 22.0 Å². The highest BCUT2D eigenvalue weighted by atomic mass is 32.2. The Hall–Kier alpha value is -0.760. The number of sulfonamides is 1. The van der Waals surface area contributed by atoms with Crippen molar-refractivity contribution in [2.45, 2.75) is 12.7 Å². The van der Waals surface area contributed by atoms with Crippen molar-refractivity contribution in [3.63, 3.8) is 0 Å². The molecule has 0 aliphatic rings. The van der Waals surface area contributed by atoms with Crippen LogP contribution in [0, 0.1) is 5.92 Å². The minimum atomic E-state index is -4.67. The highest BCUT2D eigenvalue weighted by molar-refractivity contribution is 7.89. The summed E-state index contributed by atoms with van der Waals surface area (Å²) in [7, 11) is -4.67. The Morgan fingerprint density at radius 2 is 2.00 bits per heavy atom. The predicted octanol–water partition coefficient (Wildman–Crippen LogP) is -0.151. The zero-order chi connectivity index (χ0) is 10.6. The summed E-state index contributed by atoms with van der Waals surface area (Å²) in [6.45, 7) is 0.665. The van der Waals surface area contributed by atoms with Gasteiger partial charge in [0.05, 0.1) is 5.92 Å². The van der Waals surface area contributed by atoms with E-state index in [1.54, 1.807) is 0 Å². The number of aliphatic carboxylic acids is 1. The van der Waals surface area contributed by atoms with E-state index >= 15 is 0 Å². The van der Waals surface area contributed by atoms with Gasteiger partial charge < -0.3 is 5.11 Å². The number of hydrogen-bond acceptors (Lipinski definition) is 3. The average molecular weight is 217 g/mol. The van der Waals surface area contributed by atoms with Crippen LogP contribution in [-0.2, 0) is 14.8 Å². The molecule has 8 heteroatoms. The Bertz CT molecular complexity index is 276. The molecule has 0 saturated heterocycles. The summed E-state index contributed by atoms with van der Waals surface area (Å²) < 4.78 is 45.6. The van der Waals surface area contributed by atoms with Crippen molar-refractivity contribution in [2.75, 3.05) is 6.54 Å². The number of carboxylic acid groups (broad SMARTS) is 1. The van der Waals surface area contributed by atoms with Crippen molar-refractivity contribution in [3.05, 3.63) is 0 Å². The SMILES string of the molecule is CC(CNS(=O)(=O)C(F)F)C(=O)O. The molecule has 1 unspecified atom stereocenters. The summed E-state index contributed by atoms with van der Waals surface area (Å²) >= 11 is 0. The normalized spacial score (nSPS) is 14.5. The van der Waals surface area contributed by atoms with Crippen molar-refractivity contribution in [1.29, 1.82) is 0 Å². The van der Waals surface area contributed by atoms with Crippen molar-refractivity contribution in [3.8, 4) is 0 Å². The van der Waals surface area contributed by atoms with Gasteiger partial charge in [-0.05, 0) is 0 Å². The van der Waals surface area contributed by atoms with E-state index in [0.717, 1.165) is 0 Å². The number of nitrogens with one attached hydrogen (secondary N) is 1. The van der Waals surface area contributed by atoms with Gasteiger partial charge in [0, 0.05) is 6.54 Å². The van der Waals surface area contributed by atoms with Crippen LogP contribution in [0.25, 0.3) is 0 Å². The van der Waals surface area contributed by atoms with E-state index in [1.807, 2.05) is 0 Å². The van der Waals surface area contributed by atoms with Crippen molar-refractivity contribution >= 4 is 16.0 Å². The van der Waals surface area contributed by atoms with Gasteiger partial charge >= 0.3 is 11.7 Å². The Morgan fingerprint density at radius 3 is 2.31 bits per heavy atom. The second-order valence-electron chi connectivity index (χ2n) is 2.39.